The summed E-state index contributed by atoms with van der Waals surface area (Å²) in [4.78, 5) is 4.13. The van der Waals surface area contributed by atoms with Crippen molar-refractivity contribution in [3.8, 4) is 5.30 Å². The predicted octanol–water partition coefficient (Wildman–Crippen LogP) is -0.0427. The molecule has 0 amide bonds. The van der Waals surface area contributed by atoms with Gasteiger partial charge in [-0.15, -0.1) is 35.0 Å². The number of aryl methyl sites for hydroxylation is 2. The van der Waals surface area contributed by atoms with Gasteiger partial charge in [0.05, 0.1) is 0 Å². The third kappa shape index (κ3) is 5.71. The maximum atomic E-state index is 4.13. The maximum absolute atomic E-state index is 4.13. The van der Waals surface area contributed by atoms with Crippen LogP contribution >= 0.6 is 7.53 Å². The zero-order valence-electron chi connectivity index (χ0n) is 13.6. The summed E-state index contributed by atoms with van der Waals surface area (Å²) in [7, 11) is -0.259. The van der Waals surface area contributed by atoms with Crippen molar-refractivity contribution in [3.05, 3.63) is 83.6 Å². The molecule has 4 aromatic rings. The van der Waals surface area contributed by atoms with Crippen molar-refractivity contribution in [2.45, 2.75) is 13.8 Å². The Bertz CT molecular complexity index is 784. The average Bonchev–Trinajstić information content (AvgIpc) is 3.21. The van der Waals surface area contributed by atoms with Gasteiger partial charge in [0.15, 0.2) is 0 Å². The van der Waals surface area contributed by atoms with Crippen LogP contribution in [0.4, 0.5) is 0 Å². The van der Waals surface area contributed by atoms with Crippen molar-refractivity contribution >= 4 is 18.3 Å². The van der Waals surface area contributed by atoms with E-state index in [2.05, 4.69) is 79.2 Å². The van der Waals surface area contributed by atoms with E-state index in [1.54, 1.807) is 0 Å². The summed E-state index contributed by atoms with van der Waals surface area (Å²) >= 11 is 0. The summed E-state index contributed by atoms with van der Waals surface area (Å²) in [6.07, 6.45) is 1.89. The maximum Gasteiger partial charge on any atom is 4.00 e. The Hall–Kier alpha value is -0.647. The summed E-state index contributed by atoms with van der Waals surface area (Å²) in [5.41, 5.74) is 2.78. The van der Waals surface area contributed by atoms with Crippen LogP contribution in [0.25, 0.3) is 16.1 Å². The summed E-state index contributed by atoms with van der Waals surface area (Å²) in [5, 5.41) is 4.07. The zero-order valence-corrected chi connectivity index (χ0v) is 18.4. The van der Waals surface area contributed by atoms with Crippen molar-refractivity contribution in [2.75, 3.05) is 0 Å². The number of aromatic nitrogens is 1. The number of benzene rings is 1. The Labute approximate surface area is 176 Å². The van der Waals surface area contributed by atoms with Crippen LogP contribution in [0.3, 0.4) is 0 Å². The number of rotatable bonds is 1. The number of fused-ring (bicyclic) bond motifs is 1. The first kappa shape index (κ1) is 23.4. The van der Waals surface area contributed by atoms with Crippen LogP contribution in [-0.4, -0.2) is 4.98 Å². The molecule has 0 fully saturated rings. The van der Waals surface area contributed by atoms with Crippen molar-refractivity contribution < 1.29 is 51.0 Å². The molecule has 0 saturated heterocycles. The largest absolute Gasteiger partial charge is 4.00 e. The minimum atomic E-state index is -0.259. The van der Waals surface area contributed by atoms with Crippen LogP contribution in [0.15, 0.2) is 72.5 Å². The topological polar surface area (TPSA) is 12.9 Å². The van der Waals surface area contributed by atoms with Gasteiger partial charge in [-0.2, -0.15) is 23.3 Å². The van der Waals surface area contributed by atoms with Gasteiger partial charge in [0.2, 0.25) is 0 Å². The molecule has 0 aliphatic rings. The van der Waals surface area contributed by atoms with E-state index in [9.17, 15) is 0 Å². The van der Waals surface area contributed by atoms with Gasteiger partial charge in [-0.25, -0.2) is 12.1 Å². The Morgan fingerprint density at radius 2 is 1.83 bits per heavy atom. The van der Waals surface area contributed by atoms with Crippen LogP contribution in [0, 0.1) is 13.8 Å². The van der Waals surface area contributed by atoms with E-state index in [0.717, 1.165) is 0 Å². The summed E-state index contributed by atoms with van der Waals surface area (Å²) < 4.78 is 0. The molecule has 4 rings (SSSR count). The molecule has 0 saturated carbocycles. The van der Waals surface area contributed by atoms with Gasteiger partial charge in [0.1, 0.15) is 0 Å². The first-order valence-corrected chi connectivity index (χ1v) is 8.55. The molecule has 122 valence electrons. The molecule has 1 nitrogen and oxygen atoms in total. The fraction of sp³-hybridized carbons (Fsp3) is 0.105. The Kier molecular flexibility index (Phi) is 10.8. The number of hydrogen-bond donors (Lipinski definition) is 0. The molecule has 0 aliphatic heterocycles. The number of halogens is 2. The molecule has 1 heterocycles. The van der Waals surface area contributed by atoms with Crippen LogP contribution in [0.5, 0.6) is 0 Å². The minimum absolute atomic E-state index is 0. The van der Waals surface area contributed by atoms with Crippen molar-refractivity contribution in [1.82, 2.24) is 4.98 Å². The first-order valence-electron chi connectivity index (χ1n) is 7.07. The quantitative estimate of drug-likeness (QED) is 0.369. The standard InChI is InChI=1S/C12H9NP.C7H9.2ClH.Zr/c1-2-4-11-8-12(7-10(11)3-1)14-6-5-13-9-14;1-6-4-3-5-7(6)2;;;/h1-9H;3-5H,1-2H3;2*1H;/q2*-1;;;+4/p-2. The van der Waals surface area contributed by atoms with Crippen molar-refractivity contribution in [1.29, 1.82) is 0 Å². The third-order valence-electron chi connectivity index (χ3n) is 3.72. The average molecular weight is 453 g/mol. The van der Waals surface area contributed by atoms with E-state index in [1.165, 1.54) is 27.2 Å². The molecule has 5 heteroatoms. The molecule has 1 atom stereocenters. The smallest absolute Gasteiger partial charge is 1.00 e. The fourth-order valence-corrected chi connectivity index (χ4v) is 3.69. The first-order chi connectivity index (χ1) is 10.2. The Balaban J connectivity index is 0.000000463. The van der Waals surface area contributed by atoms with Crippen LogP contribution in [0.2, 0.25) is 0 Å². The molecular formula is C19H18Cl2NPZr. The molecule has 1 aromatic heterocycles. The number of hydrogen-bond acceptors (Lipinski definition) is 1. The molecule has 1 unspecified atom stereocenters. The Morgan fingerprint density at radius 3 is 2.33 bits per heavy atom. The molecule has 0 bridgehead atoms. The van der Waals surface area contributed by atoms with Crippen molar-refractivity contribution in [3.63, 3.8) is 0 Å². The molecule has 0 radical (unpaired) electrons. The third-order valence-corrected chi connectivity index (χ3v) is 5.41. The summed E-state index contributed by atoms with van der Waals surface area (Å²) in [6, 6.07) is 19.3. The van der Waals surface area contributed by atoms with Gasteiger partial charge in [-0.3, -0.25) is 4.98 Å². The van der Waals surface area contributed by atoms with E-state index >= 15 is 0 Å². The minimum Gasteiger partial charge on any atom is -1.00 e. The van der Waals surface area contributed by atoms with Gasteiger partial charge >= 0.3 is 26.2 Å². The predicted molar refractivity (Wildman–Crippen MR) is 92.9 cm³/mol. The molecule has 0 spiro atoms. The van der Waals surface area contributed by atoms with Gasteiger partial charge in [0, 0.05) is 12.1 Å². The fourth-order valence-electron chi connectivity index (χ4n) is 2.29. The van der Waals surface area contributed by atoms with E-state index in [4.69, 9.17) is 0 Å². The van der Waals surface area contributed by atoms with E-state index in [-0.39, 0.29) is 58.6 Å². The van der Waals surface area contributed by atoms with Crippen LogP contribution in [0.1, 0.15) is 11.1 Å². The molecule has 3 aromatic carbocycles. The zero-order chi connectivity index (χ0) is 14.7. The molecule has 0 N–H and O–H groups in total. The number of nitrogens with zero attached hydrogens (tertiary/aromatic N) is 1. The van der Waals surface area contributed by atoms with Gasteiger partial charge in [-0.1, -0.05) is 32.8 Å². The summed E-state index contributed by atoms with van der Waals surface area (Å²) in [6.45, 7) is 4.24. The SMILES string of the molecule is Cc1ccc[c-]1C.[Cl-].[Cl-].[Zr+4].c1ccc2[cH-]c(-p3ccnc3)cc2c1. The second-order valence-corrected chi connectivity index (χ2v) is 7.06. The summed E-state index contributed by atoms with van der Waals surface area (Å²) in [5.74, 6) is 4.23. The second-order valence-electron chi connectivity index (χ2n) is 5.20. The van der Waals surface area contributed by atoms with Gasteiger partial charge in [0.25, 0.3) is 0 Å². The van der Waals surface area contributed by atoms with Crippen LogP contribution < -0.4 is 24.8 Å². The van der Waals surface area contributed by atoms with E-state index in [1.807, 2.05) is 12.1 Å². The van der Waals surface area contributed by atoms with Gasteiger partial charge in [-0.05, 0) is 5.80 Å². The Morgan fingerprint density at radius 1 is 1.08 bits per heavy atom. The second kappa shape index (κ2) is 11.1. The molecule has 24 heavy (non-hydrogen) atoms. The van der Waals surface area contributed by atoms with Crippen LogP contribution in [-0.2, 0) is 26.2 Å². The normalized spacial score (nSPS) is 9.83. The van der Waals surface area contributed by atoms with E-state index in [0.29, 0.717) is 0 Å². The monoisotopic (exact) mass is 451 g/mol. The molecular weight excluding hydrogens is 435 g/mol. The van der Waals surface area contributed by atoms with E-state index < -0.39 is 0 Å². The molecule has 0 aliphatic carbocycles. The van der Waals surface area contributed by atoms with Gasteiger partial charge < -0.3 is 24.8 Å². The van der Waals surface area contributed by atoms with Crippen molar-refractivity contribution in [2.24, 2.45) is 0 Å².